The molecular weight excluding hydrogens is 395 g/mol. The minimum absolute atomic E-state index is 0.0265. The van der Waals surface area contributed by atoms with Gasteiger partial charge in [0.2, 0.25) is 0 Å². The van der Waals surface area contributed by atoms with Crippen molar-refractivity contribution < 1.29 is 23.4 Å². The zero-order valence-electron chi connectivity index (χ0n) is 16.5. The normalized spacial score (nSPS) is 26.8. The summed E-state index contributed by atoms with van der Waals surface area (Å²) in [7, 11) is 0. The summed E-state index contributed by atoms with van der Waals surface area (Å²) < 4.78 is 38.2. The predicted molar refractivity (Wildman–Crippen MR) is 104 cm³/mol. The number of halogens is 3. The van der Waals surface area contributed by atoms with E-state index >= 15 is 0 Å². The van der Waals surface area contributed by atoms with Crippen LogP contribution in [0.4, 0.5) is 13.2 Å². The van der Waals surface area contributed by atoms with E-state index in [0.717, 1.165) is 42.1 Å². The summed E-state index contributed by atoms with van der Waals surface area (Å²) in [5.41, 5.74) is 0.962. The number of aliphatic hydroxyl groups is 2. The molecule has 2 saturated carbocycles. The van der Waals surface area contributed by atoms with Crippen molar-refractivity contribution in [3.63, 3.8) is 0 Å². The molecule has 1 heterocycles. The Kier molecular flexibility index (Phi) is 6.09. The highest BCUT2D eigenvalue weighted by Gasteiger charge is 2.42. The van der Waals surface area contributed by atoms with Crippen LogP contribution < -0.4 is 5.32 Å². The molecule has 2 aliphatic carbocycles. The third-order valence-corrected chi connectivity index (χ3v) is 6.24. The first-order valence-electron chi connectivity index (χ1n) is 10.4. The molecule has 2 aliphatic rings. The van der Waals surface area contributed by atoms with Gasteiger partial charge in [-0.2, -0.15) is 13.2 Å². The van der Waals surface area contributed by atoms with E-state index in [-0.39, 0.29) is 24.5 Å². The van der Waals surface area contributed by atoms with Crippen LogP contribution in [0, 0.1) is 11.8 Å². The number of nitrogens with one attached hydrogen (secondary N) is 1. The molecule has 0 bridgehead atoms. The molecule has 4 rings (SSSR count). The summed E-state index contributed by atoms with van der Waals surface area (Å²) in [5, 5.41) is 23.6. The molecular formula is C22H26F3N3O2. The molecule has 3 N–H and O–H groups in total. The van der Waals surface area contributed by atoms with Crippen LogP contribution >= 0.6 is 0 Å². The lowest BCUT2D eigenvalue weighted by Crippen LogP contribution is -2.36. The van der Waals surface area contributed by atoms with Crippen LogP contribution in [0.3, 0.4) is 0 Å². The van der Waals surface area contributed by atoms with Crippen LogP contribution in [-0.4, -0.2) is 38.9 Å². The highest BCUT2D eigenvalue weighted by Crippen LogP contribution is 2.39. The third kappa shape index (κ3) is 4.82. The van der Waals surface area contributed by atoms with Crippen LogP contribution in [-0.2, 0) is 19.1 Å². The first-order valence-corrected chi connectivity index (χ1v) is 10.4. The minimum Gasteiger partial charge on any atom is -0.396 e. The maximum absolute atomic E-state index is 12.7. The number of hydrogen-bond acceptors (Lipinski definition) is 5. The fourth-order valence-corrected chi connectivity index (χ4v) is 4.35. The number of alkyl halides is 3. The van der Waals surface area contributed by atoms with Crippen molar-refractivity contribution in [3.05, 3.63) is 59.2 Å². The molecule has 1 aromatic carbocycles. The maximum atomic E-state index is 12.7. The first kappa shape index (κ1) is 21.2. The molecule has 30 heavy (non-hydrogen) atoms. The van der Waals surface area contributed by atoms with Crippen molar-refractivity contribution in [3.8, 4) is 0 Å². The number of hydrogen-bond donors (Lipinski definition) is 3. The van der Waals surface area contributed by atoms with Crippen LogP contribution in [0.25, 0.3) is 0 Å². The SMILES string of the molecule is OC[C@@H]1[C@@H](Cc2ccnc(C3CC3)n2)[C@H](NCc2ccc(C(F)(F)F)cc2)C[C@H]1O. The van der Waals surface area contributed by atoms with E-state index in [4.69, 9.17) is 0 Å². The molecule has 162 valence electrons. The molecule has 0 amide bonds. The number of rotatable bonds is 7. The summed E-state index contributed by atoms with van der Waals surface area (Å²) in [6, 6.07) is 6.89. The van der Waals surface area contributed by atoms with Gasteiger partial charge in [-0.1, -0.05) is 12.1 Å². The summed E-state index contributed by atoms with van der Waals surface area (Å²) in [6.07, 6.45) is 0.101. The lowest BCUT2D eigenvalue weighted by molar-refractivity contribution is -0.137. The van der Waals surface area contributed by atoms with E-state index in [1.807, 2.05) is 6.07 Å². The zero-order chi connectivity index (χ0) is 21.3. The van der Waals surface area contributed by atoms with Gasteiger partial charge in [0, 0.05) is 42.9 Å². The van der Waals surface area contributed by atoms with Gasteiger partial charge in [-0.25, -0.2) is 9.97 Å². The van der Waals surface area contributed by atoms with E-state index in [0.29, 0.717) is 25.3 Å². The third-order valence-electron chi connectivity index (χ3n) is 6.24. The van der Waals surface area contributed by atoms with Gasteiger partial charge in [-0.3, -0.25) is 0 Å². The Morgan fingerprint density at radius 2 is 1.80 bits per heavy atom. The molecule has 0 aliphatic heterocycles. The van der Waals surface area contributed by atoms with Gasteiger partial charge in [0.15, 0.2) is 0 Å². The van der Waals surface area contributed by atoms with Gasteiger partial charge < -0.3 is 15.5 Å². The van der Waals surface area contributed by atoms with Crippen molar-refractivity contribution in [2.24, 2.45) is 11.8 Å². The largest absolute Gasteiger partial charge is 0.416 e. The van der Waals surface area contributed by atoms with E-state index in [1.165, 1.54) is 12.1 Å². The molecule has 8 heteroatoms. The number of aromatic nitrogens is 2. The van der Waals surface area contributed by atoms with Crippen molar-refractivity contribution >= 4 is 0 Å². The van der Waals surface area contributed by atoms with Crippen molar-refractivity contribution in [1.82, 2.24) is 15.3 Å². The average molecular weight is 421 g/mol. The molecule has 0 spiro atoms. The molecule has 2 fully saturated rings. The van der Waals surface area contributed by atoms with E-state index < -0.39 is 17.8 Å². The lowest BCUT2D eigenvalue weighted by atomic mass is 9.88. The molecule has 5 nitrogen and oxygen atoms in total. The van der Waals surface area contributed by atoms with Gasteiger partial charge in [0.25, 0.3) is 0 Å². The van der Waals surface area contributed by atoms with E-state index in [2.05, 4.69) is 15.3 Å². The van der Waals surface area contributed by atoms with E-state index in [1.54, 1.807) is 6.20 Å². The fourth-order valence-electron chi connectivity index (χ4n) is 4.35. The van der Waals surface area contributed by atoms with Gasteiger partial charge >= 0.3 is 6.18 Å². The molecule has 0 radical (unpaired) electrons. The van der Waals surface area contributed by atoms with Gasteiger partial charge in [-0.15, -0.1) is 0 Å². The summed E-state index contributed by atoms with van der Waals surface area (Å²) in [4.78, 5) is 9.01. The predicted octanol–water partition coefficient (Wildman–Crippen LogP) is 3.06. The topological polar surface area (TPSA) is 78.3 Å². The quantitative estimate of drug-likeness (QED) is 0.641. The maximum Gasteiger partial charge on any atom is 0.416 e. The summed E-state index contributed by atoms with van der Waals surface area (Å²) in [6.45, 7) is 0.270. The van der Waals surface area contributed by atoms with Crippen molar-refractivity contribution in [2.45, 2.75) is 56.5 Å². The second kappa shape index (κ2) is 8.61. The minimum atomic E-state index is -4.35. The van der Waals surface area contributed by atoms with Crippen LogP contribution in [0.2, 0.25) is 0 Å². The smallest absolute Gasteiger partial charge is 0.396 e. The Balaban J connectivity index is 1.43. The summed E-state index contributed by atoms with van der Waals surface area (Å²) in [5.74, 6) is 1.01. The van der Waals surface area contributed by atoms with E-state index in [9.17, 15) is 23.4 Å². The Labute approximate surface area is 173 Å². The Hall–Kier alpha value is -2.03. The van der Waals surface area contributed by atoms with Gasteiger partial charge in [-0.05, 0) is 55.4 Å². The highest BCUT2D eigenvalue weighted by molar-refractivity contribution is 5.24. The number of aliphatic hydroxyl groups excluding tert-OH is 2. The number of nitrogens with zero attached hydrogens (tertiary/aromatic N) is 2. The summed E-state index contributed by atoms with van der Waals surface area (Å²) >= 11 is 0. The fraction of sp³-hybridized carbons (Fsp3) is 0.545. The Morgan fingerprint density at radius 3 is 2.43 bits per heavy atom. The highest BCUT2D eigenvalue weighted by atomic mass is 19.4. The van der Waals surface area contributed by atoms with Gasteiger partial charge in [0.05, 0.1) is 11.7 Å². The Morgan fingerprint density at radius 1 is 1.07 bits per heavy atom. The Bertz CT molecular complexity index is 855. The molecule has 2 aromatic rings. The van der Waals surface area contributed by atoms with Crippen LogP contribution in [0.1, 0.15) is 47.8 Å². The zero-order valence-corrected chi connectivity index (χ0v) is 16.5. The molecule has 1 aromatic heterocycles. The molecule has 4 atom stereocenters. The van der Waals surface area contributed by atoms with Crippen LogP contribution in [0.5, 0.6) is 0 Å². The lowest BCUT2D eigenvalue weighted by Gasteiger charge is -2.25. The van der Waals surface area contributed by atoms with Gasteiger partial charge in [0.1, 0.15) is 5.82 Å². The first-order chi connectivity index (χ1) is 14.3. The monoisotopic (exact) mass is 421 g/mol. The second-order valence-corrected chi connectivity index (χ2v) is 8.38. The second-order valence-electron chi connectivity index (χ2n) is 8.38. The van der Waals surface area contributed by atoms with Crippen molar-refractivity contribution in [1.29, 1.82) is 0 Å². The number of benzene rings is 1. The molecule has 0 unspecified atom stereocenters. The van der Waals surface area contributed by atoms with Crippen molar-refractivity contribution in [2.75, 3.05) is 6.61 Å². The standard InChI is InChI=1S/C22H26F3N3O2/c23-22(24,25)15-5-1-13(2-6-15)11-27-19-10-20(30)18(12-29)17(19)9-16-7-8-26-21(28-16)14-3-4-14/h1-2,5-8,14,17-20,27,29-30H,3-4,9-12H2/t17-,18-,19-,20-/m1/s1. The average Bonchev–Trinajstić information content (AvgIpc) is 3.52. The van der Waals surface area contributed by atoms with Crippen LogP contribution in [0.15, 0.2) is 36.5 Å². The molecule has 0 saturated heterocycles.